The Morgan fingerprint density at radius 2 is 2.26 bits per heavy atom. The van der Waals surface area contributed by atoms with Crippen molar-refractivity contribution in [3.8, 4) is 0 Å². The van der Waals surface area contributed by atoms with Crippen LogP contribution in [0.3, 0.4) is 0 Å². The van der Waals surface area contributed by atoms with Crippen molar-refractivity contribution in [1.29, 1.82) is 0 Å². The van der Waals surface area contributed by atoms with Gasteiger partial charge in [0.05, 0.1) is 16.2 Å². The van der Waals surface area contributed by atoms with E-state index < -0.39 is 4.92 Å². The number of rotatable bonds is 2. The number of guanidine groups is 1. The smallest absolute Gasteiger partial charge is 0.269 e. The monoisotopic (exact) mass is 279 g/mol. The fraction of sp³-hybridized carbons (Fsp3) is 0.273. The number of thioether (sulfide) groups is 1. The molecule has 0 bridgehead atoms. The molecule has 7 nitrogen and oxygen atoms in total. The van der Waals surface area contributed by atoms with Gasteiger partial charge in [0.1, 0.15) is 0 Å². The lowest BCUT2D eigenvalue weighted by atomic mass is 10.1. The van der Waals surface area contributed by atoms with E-state index >= 15 is 0 Å². The van der Waals surface area contributed by atoms with Crippen LogP contribution in [0.2, 0.25) is 0 Å². The first kappa shape index (κ1) is 13.3. The molecule has 1 aliphatic rings. The van der Waals surface area contributed by atoms with Crippen LogP contribution in [-0.2, 0) is 0 Å². The molecule has 1 aliphatic heterocycles. The summed E-state index contributed by atoms with van der Waals surface area (Å²) < 4.78 is 0. The van der Waals surface area contributed by atoms with Gasteiger partial charge in [-0.2, -0.15) is 4.99 Å². The molecule has 4 N–H and O–H groups in total. The van der Waals surface area contributed by atoms with Crippen LogP contribution in [0, 0.1) is 10.1 Å². The first-order valence-electron chi connectivity index (χ1n) is 5.56. The number of nitrogens with zero attached hydrogens (tertiary/aromatic N) is 3. The van der Waals surface area contributed by atoms with Crippen molar-refractivity contribution >= 4 is 28.6 Å². The molecule has 2 atom stereocenters. The molecule has 0 aliphatic carbocycles. The van der Waals surface area contributed by atoms with E-state index in [0.29, 0.717) is 5.17 Å². The van der Waals surface area contributed by atoms with Crippen molar-refractivity contribution < 1.29 is 4.92 Å². The Hall–Kier alpha value is -2.09. The van der Waals surface area contributed by atoms with Crippen molar-refractivity contribution in [3.63, 3.8) is 0 Å². The molecule has 2 rings (SSSR count). The van der Waals surface area contributed by atoms with Crippen molar-refractivity contribution in [2.24, 2.45) is 21.5 Å². The van der Waals surface area contributed by atoms with E-state index in [1.54, 1.807) is 12.1 Å². The first-order valence-corrected chi connectivity index (χ1v) is 6.44. The van der Waals surface area contributed by atoms with Crippen LogP contribution in [0.25, 0.3) is 0 Å². The summed E-state index contributed by atoms with van der Waals surface area (Å²) in [5.41, 5.74) is 11.5. The van der Waals surface area contributed by atoms with Crippen LogP contribution in [0.15, 0.2) is 34.3 Å². The van der Waals surface area contributed by atoms with E-state index in [9.17, 15) is 10.1 Å². The molecule has 8 heteroatoms. The number of hydrogen-bond acceptors (Lipinski definition) is 5. The van der Waals surface area contributed by atoms with Crippen molar-refractivity contribution in [3.05, 3.63) is 39.9 Å². The van der Waals surface area contributed by atoms with Crippen LogP contribution in [-0.4, -0.2) is 22.1 Å². The molecule has 19 heavy (non-hydrogen) atoms. The number of amidine groups is 1. The van der Waals surface area contributed by atoms with Gasteiger partial charge in [0, 0.05) is 12.1 Å². The molecule has 1 aromatic rings. The normalized spacial score (nSPS) is 21.8. The Kier molecular flexibility index (Phi) is 3.70. The van der Waals surface area contributed by atoms with E-state index in [2.05, 4.69) is 9.98 Å². The lowest BCUT2D eigenvalue weighted by Gasteiger charge is -2.12. The Labute approximate surface area is 113 Å². The van der Waals surface area contributed by atoms with E-state index in [4.69, 9.17) is 11.5 Å². The number of benzene rings is 1. The highest BCUT2D eigenvalue weighted by atomic mass is 32.2. The predicted octanol–water partition coefficient (Wildman–Crippen LogP) is 1.40. The molecule has 0 saturated carbocycles. The van der Waals surface area contributed by atoms with Gasteiger partial charge < -0.3 is 11.5 Å². The second kappa shape index (κ2) is 5.27. The molecule has 0 saturated heterocycles. The quantitative estimate of drug-likeness (QED) is 0.367. The number of aliphatic imine (C=N–C) groups is 2. The van der Waals surface area contributed by atoms with Gasteiger partial charge >= 0.3 is 0 Å². The Morgan fingerprint density at radius 3 is 2.89 bits per heavy atom. The molecule has 2 unspecified atom stereocenters. The average molecular weight is 279 g/mol. The topological polar surface area (TPSA) is 120 Å². The van der Waals surface area contributed by atoms with Gasteiger partial charge in [0.2, 0.25) is 0 Å². The summed E-state index contributed by atoms with van der Waals surface area (Å²) in [6.45, 7) is 1.92. The number of nitrogens with two attached hydrogens (primary N) is 2. The Bertz CT molecular complexity index is 568. The summed E-state index contributed by atoms with van der Waals surface area (Å²) >= 11 is 1.40. The lowest BCUT2D eigenvalue weighted by molar-refractivity contribution is -0.384. The minimum atomic E-state index is -0.411. The zero-order valence-electron chi connectivity index (χ0n) is 10.2. The fourth-order valence-electron chi connectivity index (χ4n) is 1.81. The van der Waals surface area contributed by atoms with Gasteiger partial charge in [-0.05, 0) is 12.5 Å². The fourth-order valence-corrected chi connectivity index (χ4v) is 2.96. The van der Waals surface area contributed by atoms with E-state index in [1.807, 2.05) is 13.0 Å². The summed E-state index contributed by atoms with van der Waals surface area (Å²) in [7, 11) is 0. The molecule has 1 aromatic carbocycles. The third-order valence-corrected chi connectivity index (χ3v) is 3.95. The zero-order chi connectivity index (χ0) is 14.0. The summed E-state index contributed by atoms with van der Waals surface area (Å²) in [5, 5.41) is 11.3. The van der Waals surface area contributed by atoms with Crippen molar-refractivity contribution in [2.45, 2.75) is 18.2 Å². The number of nitro groups is 1. The molecule has 0 fully saturated rings. The van der Waals surface area contributed by atoms with E-state index in [0.717, 1.165) is 5.56 Å². The number of non-ortho nitro benzene ring substituents is 1. The molecule has 100 valence electrons. The third kappa shape index (κ3) is 3.02. The molecule has 0 amide bonds. The molecule has 0 aromatic heterocycles. The van der Waals surface area contributed by atoms with Gasteiger partial charge in [-0.3, -0.25) is 15.1 Å². The highest BCUT2D eigenvalue weighted by Crippen LogP contribution is 2.41. The van der Waals surface area contributed by atoms with Gasteiger partial charge in [-0.15, -0.1) is 0 Å². The SMILES string of the molecule is CC1N=C(N=C(N)N)SC1c1cccc([N+](=O)[O-])c1. The standard InChI is InChI=1S/C11H13N5O2S/c1-6-9(19-11(14-6)15-10(12)13)7-3-2-4-8(5-7)16(17)18/h2-6,9H,1H3,(H4,12,13,14,15). The summed E-state index contributed by atoms with van der Waals surface area (Å²) in [6, 6.07) is 6.49. The minimum absolute atomic E-state index is 0.0157. The second-order valence-electron chi connectivity index (χ2n) is 4.08. The van der Waals surface area contributed by atoms with Crippen LogP contribution in [0.5, 0.6) is 0 Å². The maximum absolute atomic E-state index is 10.8. The van der Waals surface area contributed by atoms with Gasteiger partial charge in [-0.25, -0.2) is 0 Å². The molecular formula is C11H13N5O2S. The second-order valence-corrected chi connectivity index (χ2v) is 5.19. The molecule has 1 heterocycles. The summed E-state index contributed by atoms with van der Waals surface area (Å²) in [4.78, 5) is 18.6. The highest BCUT2D eigenvalue weighted by Gasteiger charge is 2.29. The van der Waals surface area contributed by atoms with Crippen LogP contribution in [0.1, 0.15) is 17.7 Å². The largest absolute Gasteiger partial charge is 0.370 e. The number of nitro benzene ring substituents is 1. The molecular weight excluding hydrogens is 266 g/mol. The molecule has 0 radical (unpaired) electrons. The Balaban J connectivity index is 2.23. The van der Waals surface area contributed by atoms with Crippen molar-refractivity contribution in [2.75, 3.05) is 0 Å². The van der Waals surface area contributed by atoms with Gasteiger partial charge in [-0.1, -0.05) is 23.9 Å². The Morgan fingerprint density at radius 1 is 1.53 bits per heavy atom. The summed E-state index contributed by atoms with van der Waals surface area (Å²) in [5.74, 6) is -0.0434. The summed E-state index contributed by atoms with van der Waals surface area (Å²) in [6.07, 6.45) is 0. The highest BCUT2D eigenvalue weighted by molar-refractivity contribution is 8.14. The zero-order valence-corrected chi connectivity index (χ0v) is 11.0. The van der Waals surface area contributed by atoms with Gasteiger partial charge in [0.15, 0.2) is 11.1 Å². The maximum atomic E-state index is 10.8. The third-order valence-electron chi connectivity index (χ3n) is 2.62. The predicted molar refractivity (Wildman–Crippen MR) is 76.1 cm³/mol. The minimum Gasteiger partial charge on any atom is -0.370 e. The maximum Gasteiger partial charge on any atom is 0.269 e. The molecule has 0 spiro atoms. The van der Waals surface area contributed by atoms with Crippen LogP contribution < -0.4 is 11.5 Å². The van der Waals surface area contributed by atoms with Crippen LogP contribution >= 0.6 is 11.8 Å². The first-order chi connectivity index (χ1) is 8.97. The van der Waals surface area contributed by atoms with Gasteiger partial charge in [0.25, 0.3) is 5.69 Å². The average Bonchev–Trinajstić information content (AvgIpc) is 2.69. The van der Waals surface area contributed by atoms with E-state index in [-0.39, 0.29) is 22.9 Å². The van der Waals surface area contributed by atoms with Crippen LogP contribution in [0.4, 0.5) is 5.69 Å². The lowest BCUT2D eigenvalue weighted by Crippen LogP contribution is -2.23. The van der Waals surface area contributed by atoms with E-state index in [1.165, 1.54) is 17.8 Å². The number of hydrogen-bond donors (Lipinski definition) is 2. The van der Waals surface area contributed by atoms with Crippen molar-refractivity contribution in [1.82, 2.24) is 0 Å².